The van der Waals surface area contributed by atoms with Gasteiger partial charge in [0, 0.05) is 23.2 Å². The van der Waals surface area contributed by atoms with E-state index in [0.29, 0.717) is 5.52 Å². The Kier molecular flexibility index (Phi) is 3.84. The van der Waals surface area contributed by atoms with Crippen LogP contribution in [0.1, 0.15) is 16.5 Å². The highest BCUT2D eigenvalue weighted by Gasteiger charge is 2.24. The SMILES string of the molecule is Oc1c([C@H](Nc2cccc[nH+]2)c2cccs2)ccc2cccnc12. The number of hydrogen-bond donors (Lipinski definition) is 2. The van der Waals surface area contributed by atoms with Gasteiger partial charge in [-0.25, -0.2) is 4.98 Å². The first-order valence-electron chi connectivity index (χ1n) is 7.66. The Hall–Kier alpha value is -2.92. The summed E-state index contributed by atoms with van der Waals surface area (Å²) in [5.74, 6) is 1.10. The molecule has 24 heavy (non-hydrogen) atoms. The summed E-state index contributed by atoms with van der Waals surface area (Å²) in [6.07, 6.45) is 3.57. The van der Waals surface area contributed by atoms with Crippen LogP contribution >= 0.6 is 11.3 Å². The maximum atomic E-state index is 10.8. The van der Waals surface area contributed by atoms with E-state index in [1.54, 1.807) is 17.5 Å². The van der Waals surface area contributed by atoms with Crippen LogP contribution in [0.3, 0.4) is 0 Å². The summed E-state index contributed by atoms with van der Waals surface area (Å²) in [4.78, 5) is 8.64. The van der Waals surface area contributed by atoms with E-state index in [1.807, 2.05) is 60.1 Å². The quantitative estimate of drug-likeness (QED) is 0.593. The third-order valence-electron chi connectivity index (χ3n) is 3.93. The molecule has 3 aromatic heterocycles. The number of phenols is 1. The normalized spacial score (nSPS) is 12.2. The van der Waals surface area contributed by atoms with Gasteiger partial charge in [0.05, 0.1) is 11.1 Å². The van der Waals surface area contributed by atoms with Gasteiger partial charge in [0.1, 0.15) is 11.3 Å². The monoisotopic (exact) mass is 334 g/mol. The third-order valence-corrected chi connectivity index (χ3v) is 4.86. The van der Waals surface area contributed by atoms with E-state index in [0.717, 1.165) is 21.6 Å². The van der Waals surface area contributed by atoms with Crippen LogP contribution in [-0.2, 0) is 0 Å². The molecule has 118 valence electrons. The number of rotatable bonds is 4. The van der Waals surface area contributed by atoms with Gasteiger partial charge in [-0.05, 0) is 29.6 Å². The van der Waals surface area contributed by atoms with E-state index < -0.39 is 0 Å². The number of aromatic amines is 1. The molecule has 0 saturated heterocycles. The molecule has 0 radical (unpaired) electrons. The molecule has 0 amide bonds. The van der Waals surface area contributed by atoms with Crippen LogP contribution < -0.4 is 10.3 Å². The number of nitrogens with zero attached hydrogens (tertiary/aromatic N) is 1. The number of thiophene rings is 1. The fraction of sp³-hybridized carbons (Fsp3) is 0.0526. The Morgan fingerprint density at radius 3 is 2.79 bits per heavy atom. The highest BCUT2D eigenvalue weighted by molar-refractivity contribution is 7.10. The minimum absolute atomic E-state index is 0.157. The highest BCUT2D eigenvalue weighted by atomic mass is 32.1. The molecule has 1 aromatic carbocycles. The largest absolute Gasteiger partial charge is 0.505 e. The second-order valence-electron chi connectivity index (χ2n) is 5.45. The molecule has 4 aromatic rings. The van der Waals surface area contributed by atoms with Crippen LogP contribution in [-0.4, -0.2) is 10.1 Å². The molecular weight excluding hydrogens is 318 g/mol. The lowest BCUT2D eigenvalue weighted by molar-refractivity contribution is -0.361. The zero-order chi connectivity index (χ0) is 16.4. The maximum Gasteiger partial charge on any atom is 0.272 e. The predicted molar refractivity (Wildman–Crippen MR) is 96.2 cm³/mol. The van der Waals surface area contributed by atoms with Crippen LogP contribution in [0, 0.1) is 0 Å². The first kappa shape index (κ1) is 14.7. The molecule has 0 saturated carbocycles. The van der Waals surface area contributed by atoms with Gasteiger partial charge < -0.3 is 5.11 Å². The van der Waals surface area contributed by atoms with Gasteiger partial charge in [-0.1, -0.05) is 24.3 Å². The van der Waals surface area contributed by atoms with E-state index in [2.05, 4.69) is 21.4 Å². The summed E-state index contributed by atoms with van der Waals surface area (Å²) in [6, 6.07) is 17.6. The number of hydrogen-bond acceptors (Lipinski definition) is 4. The lowest BCUT2D eigenvalue weighted by Crippen LogP contribution is -2.18. The summed E-state index contributed by atoms with van der Waals surface area (Å²) in [6.45, 7) is 0. The van der Waals surface area contributed by atoms with Crippen molar-refractivity contribution in [3.8, 4) is 5.75 Å². The van der Waals surface area contributed by atoms with Gasteiger partial charge in [0.25, 0.3) is 5.82 Å². The Morgan fingerprint density at radius 1 is 1.04 bits per heavy atom. The fourth-order valence-corrected chi connectivity index (χ4v) is 3.57. The van der Waals surface area contributed by atoms with Crippen molar-refractivity contribution in [3.63, 3.8) is 0 Å². The summed E-state index contributed by atoms with van der Waals surface area (Å²) < 4.78 is 0. The third kappa shape index (κ3) is 2.70. The molecule has 0 aliphatic heterocycles. The van der Waals surface area contributed by atoms with Crippen molar-refractivity contribution in [2.45, 2.75) is 6.04 Å². The molecule has 0 bridgehead atoms. The highest BCUT2D eigenvalue weighted by Crippen LogP contribution is 2.37. The van der Waals surface area contributed by atoms with Gasteiger partial charge in [-0.15, -0.1) is 11.3 Å². The van der Waals surface area contributed by atoms with Crippen molar-refractivity contribution in [2.75, 3.05) is 5.32 Å². The van der Waals surface area contributed by atoms with E-state index in [4.69, 9.17) is 0 Å². The average molecular weight is 334 g/mol. The van der Waals surface area contributed by atoms with Crippen molar-refractivity contribution in [1.82, 2.24) is 4.98 Å². The number of anilines is 1. The minimum atomic E-state index is -0.157. The van der Waals surface area contributed by atoms with Gasteiger partial charge in [-0.2, -0.15) is 0 Å². The zero-order valence-electron chi connectivity index (χ0n) is 12.8. The number of fused-ring (bicyclic) bond motifs is 1. The number of aromatic nitrogens is 2. The lowest BCUT2D eigenvalue weighted by Gasteiger charge is -2.16. The molecule has 0 fully saturated rings. The number of benzene rings is 1. The van der Waals surface area contributed by atoms with E-state index in [9.17, 15) is 5.11 Å². The second kappa shape index (κ2) is 6.29. The van der Waals surface area contributed by atoms with Gasteiger partial charge in [-0.3, -0.25) is 10.3 Å². The van der Waals surface area contributed by atoms with Crippen molar-refractivity contribution in [1.29, 1.82) is 0 Å². The summed E-state index contributed by atoms with van der Waals surface area (Å²) in [7, 11) is 0. The van der Waals surface area contributed by atoms with Gasteiger partial charge in [0.2, 0.25) is 0 Å². The number of H-pyrrole nitrogens is 1. The molecule has 0 aliphatic carbocycles. The number of phenolic OH excluding ortho intramolecular Hbond substituents is 1. The maximum absolute atomic E-state index is 10.8. The number of aromatic hydroxyl groups is 1. The lowest BCUT2D eigenvalue weighted by atomic mass is 10.0. The molecule has 3 N–H and O–H groups in total. The van der Waals surface area contributed by atoms with Crippen LogP contribution in [0.25, 0.3) is 10.9 Å². The molecule has 3 heterocycles. The van der Waals surface area contributed by atoms with Crippen LogP contribution in [0.15, 0.2) is 72.4 Å². The summed E-state index contributed by atoms with van der Waals surface area (Å²) in [5, 5.41) is 17.2. The standard InChI is InChI=1S/C19H15N3OS/c23-19-14(9-8-13-5-3-11-21-17(13)19)18(15-6-4-12-24-15)22-16-7-1-2-10-20-16/h1-12,18,23H,(H,20,22)/p+1/t18-/m0/s1. The number of nitrogens with one attached hydrogen (secondary N) is 2. The Morgan fingerprint density at radius 2 is 2.00 bits per heavy atom. The van der Waals surface area contributed by atoms with Crippen molar-refractivity contribution >= 4 is 28.1 Å². The molecule has 0 spiro atoms. The zero-order valence-corrected chi connectivity index (χ0v) is 13.6. The summed E-state index contributed by atoms with van der Waals surface area (Å²) in [5.41, 5.74) is 1.43. The topological polar surface area (TPSA) is 59.3 Å². The first-order chi connectivity index (χ1) is 11.8. The summed E-state index contributed by atoms with van der Waals surface area (Å²) >= 11 is 1.65. The van der Waals surface area contributed by atoms with E-state index in [-0.39, 0.29) is 11.8 Å². The molecule has 5 heteroatoms. The minimum Gasteiger partial charge on any atom is -0.505 e. The molecule has 4 nitrogen and oxygen atoms in total. The average Bonchev–Trinajstić information content (AvgIpc) is 3.16. The molecule has 0 unspecified atom stereocenters. The Bertz CT molecular complexity index is 955. The van der Waals surface area contributed by atoms with Gasteiger partial charge in [0.15, 0.2) is 6.04 Å². The number of pyridine rings is 2. The second-order valence-corrected chi connectivity index (χ2v) is 6.43. The molecule has 1 atom stereocenters. The Labute approximate surface area is 143 Å². The first-order valence-corrected chi connectivity index (χ1v) is 8.54. The smallest absolute Gasteiger partial charge is 0.272 e. The van der Waals surface area contributed by atoms with Crippen molar-refractivity contribution in [2.24, 2.45) is 0 Å². The van der Waals surface area contributed by atoms with Crippen LogP contribution in [0.2, 0.25) is 0 Å². The molecule has 0 aliphatic rings. The predicted octanol–water partition coefficient (Wildman–Crippen LogP) is 4.02. The molecular formula is C19H16N3OS+. The van der Waals surface area contributed by atoms with E-state index >= 15 is 0 Å². The van der Waals surface area contributed by atoms with Crippen molar-refractivity contribution < 1.29 is 10.1 Å². The Balaban J connectivity index is 1.83. The van der Waals surface area contributed by atoms with Crippen LogP contribution in [0.5, 0.6) is 5.75 Å². The van der Waals surface area contributed by atoms with Gasteiger partial charge >= 0.3 is 0 Å². The fourth-order valence-electron chi connectivity index (χ4n) is 2.77. The van der Waals surface area contributed by atoms with Crippen molar-refractivity contribution in [3.05, 3.63) is 82.8 Å². The molecule has 4 rings (SSSR count). The van der Waals surface area contributed by atoms with Crippen LogP contribution in [0.4, 0.5) is 5.82 Å². The van der Waals surface area contributed by atoms with E-state index in [1.165, 1.54) is 0 Å².